The van der Waals surface area contributed by atoms with Gasteiger partial charge in [0.25, 0.3) is 0 Å². The Morgan fingerprint density at radius 1 is 1.32 bits per heavy atom. The number of hydrogen-bond donors (Lipinski definition) is 1. The van der Waals surface area contributed by atoms with E-state index in [4.69, 9.17) is 16.3 Å². The molecule has 2 unspecified atom stereocenters. The lowest BCUT2D eigenvalue weighted by Crippen LogP contribution is -2.47. The number of nitrogens with zero attached hydrogens (tertiary/aromatic N) is 1. The van der Waals surface area contributed by atoms with Gasteiger partial charge in [0.15, 0.2) is 0 Å². The highest BCUT2D eigenvalue weighted by Gasteiger charge is 2.24. The number of carbonyl (C=O) groups excluding carboxylic acids is 1. The standard InChI is InChI=1S/C17H25ClN2O2/c1-13-10-14(2)12-20(11-13)17(21)19-8-5-9-22-16-7-4-3-6-15(16)18/h3-4,6-7,13-14H,5,8-12H2,1-2H3,(H,19,21). The molecule has 2 amide bonds. The van der Waals surface area contributed by atoms with E-state index in [1.54, 1.807) is 6.07 Å². The molecule has 1 heterocycles. The fourth-order valence-corrected chi connectivity index (χ4v) is 3.14. The largest absolute Gasteiger partial charge is 0.492 e. The quantitative estimate of drug-likeness (QED) is 0.837. The molecule has 1 saturated heterocycles. The van der Waals surface area contributed by atoms with E-state index in [1.165, 1.54) is 6.42 Å². The van der Waals surface area contributed by atoms with Crippen molar-refractivity contribution >= 4 is 17.6 Å². The van der Waals surface area contributed by atoms with Crippen molar-refractivity contribution in [2.75, 3.05) is 26.2 Å². The van der Waals surface area contributed by atoms with Crippen LogP contribution < -0.4 is 10.1 Å². The molecule has 0 saturated carbocycles. The molecule has 0 bridgehead atoms. The third-order valence-electron chi connectivity index (χ3n) is 3.85. The molecule has 5 heteroatoms. The Balaban J connectivity index is 1.64. The molecule has 1 aliphatic heterocycles. The number of likely N-dealkylation sites (tertiary alicyclic amines) is 1. The third-order valence-corrected chi connectivity index (χ3v) is 4.16. The summed E-state index contributed by atoms with van der Waals surface area (Å²) in [5.41, 5.74) is 0. The van der Waals surface area contributed by atoms with Gasteiger partial charge in [0.1, 0.15) is 5.75 Å². The van der Waals surface area contributed by atoms with Gasteiger partial charge in [-0.1, -0.05) is 37.6 Å². The van der Waals surface area contributed by atoms with E-state index in [1.807, 2.05) is 23.1 Å². The van der Waals surface area contributed by atoms with Crippen molar-refractivity contribution in [1.82, 2.24) is 10.2 Å². The average Bonchev–Trinajstić information content (AvgIpc) is 2.47. The number of carbonyl (C=O) groups is 1. The predicted molar refractivity (Wildman–Crippen MR) is 89.5 cm³/mol. The molecular formula is C17H25ClN2O2. The van der Waals surface area contributed by atoms with Crippen molar-refractivity contribution in [3.8, 4) is 5.75 Å². The number of piperidine rings is 1. The van der Waals surface area contributed by atoms with Gasteiger partial charge in [-0.2, -0.15) is 0 Å². The number of para-hydroxylation sites is 1. The second-order valence-corrected chi connectivity index (χ2v) is 6.62. The van der Waals surface area contributed by atoms with E-state index in [0.29, 0.717) is 35.8 Å². The van der Waals surface area contributed by atoms with Crippen LogP contribution in [0.15, 0.2) is 24.3 Å². The van der Waals surface area contributed by atoms with E-state index in [2.05, 4.69) is 19.2 Å². The summed E-state index contributed by atoms with van der Waals surface area (Å²) in [4.78, 5) is 14.1. The van der Waals surface area contributed by atoms with Crippen LogP contribution >= 0.6 is 11.6 Å². The van der Waals surface area contributed by atoms with E-state index in [9.17, 15) is 4.79 Å². The fraction of sp³-hybridized carbons (Fsp3) is 0.588. The van der Waals surface area contributed by atoms with Crippen molar-refractivity contribution in [3.05, 3.63) is 29.3 Å². The molecule has 0 aliphatic carbocycles. The highest BCUT2D eigenvalue weighted by Crippen LogP contribution is 2.23. The average molecular weight is 325 g/mol. The van der Waals surface area contributed by atoms with Crippen LogP contribution in [0.4, 0.5) is 4.79 Å². The van der Waals surface area contributed by atoms with Crippen LogP contribution in [0.25, 0.3) is 0 Å². The van der Waals surface area contributed by atoms with Crippen LogP contribution in [0.5, 0.6) is 5.75 Å². The van der Waals surface area contributed by atoms with Gasteiger partial charge in [0, 0.05) is 19.6 Å². The zero-order valence-corrected chi connectivity index (χ0v) is 14.1. The van der Waals surface area contributed by atoms with Crippen LogP contribution in [-0.4, -0.2) is 37.2 Å². The predicted octanol–water partition coefficient (Wildman–Crippen LogP) is 3.80. The van der Waals surface area contributed by atoms with E-state index in [-0.39, 0.29) is 6.03 Å². The Labute approximate surface area is 137 Å². The maximum atomic E-state index is 12.1. The van der Waals surface area contributed by atoms with Crippen LogP contribution in [0.1, 0.15) is 26.7 Å². The maximum absolute atomic E-state index is 12.1. The number of rotatable bonds is 5. The number of benzene rings is 1. The van der Waals surface area contributed by atoms with E-state index < -0.39 is 0 Å². The van der Waals surface area contributed by atoms with Gasteiger partial charge in [-0.15, -0.1) is 0 Å². The minimum atomic E-state index is 0.0381. The van der Waals surface area contributed by atoms with Crippen molar-refractivity contribution in [2.45, 2.75) is 26.7 Å². The van der Waals surface area contributed by atoms with Gasteiger partial charge in [-0.3, -0.25) is 0 Å². The molecule has 1 aromatic carbocycles. The van der Waals surface area contributed by atoms with Gasteiger partial charge in [-0.25, -0.2) is 4.79 Å². The van der Waals surface area contributed by atoms with Crippen LogP contribution in [0, 0.1) is 11.8 Å². The SMILES string of the molecule is CC1CC(C)CN(C(=O)NCCCOc2ccccc2Cl)C1. The van der Waals surface area contributed by atoms with Crippen molar-refractivity contribution in [2.24, 2.45) is 11.8 Å². The summed E-state index contributed by atoms with van der Waals surface area (Å²) in [7, 11) is 0. The lowest BCUT2D eigenvalue weighted by Gasteiger charge is -2.34. The first-order chi connectivity index (χ1) is 10.6. The summed E-state index contributed by atoms with van der Waals surface area (Å²) in [5, 5.41) is 3.58. The Bertz CT molecular complexity index is 485. The fourth-order valence-electron chi connectivity index (χ4n) is 2.95. The van der Waals surface area contributed by atoms with E-state index >= 15 is 0 Å². The number of nitrogens with one attached hydrogen (secondary N) is 1. The number of halogens is 1. The van der Waals surface area contributed by atoms with Gasteiger partial charge in [-0.05, 0) is 36.8 Å². The number of hydrogen-bond acceptors (Lipinski definition) is 2. The molecule has 0 radical (unpaired) electrons. The number of ether oxygens (including phenoxy) is 1. The summed E-state index contributed by atoms with van der Waals surface area (Å²) in [6.07, 6.45) is 1.96. The van der Waals surface area contributed by atoms with Gasteiger partial charge in [0.05, 0.1) is 11.6 Å². The minimum absolute atomic E-state index is 0.0381. The summed E-state index contributed by atoms with van der Waals surface area (Å²) in [5.74, 6) is 1.85. The number of urea groups is 1. The molecule has 1 N–H and O–H groups in total. The maximum Gasteiger partial charge on any atom is 0.317 e. The van der Waals surface area contributed by atoms with Crippen molar-refractivity contribution in [1.29, 1.82) is 0 Å². The normalized spacial score (nSPS) is 21.5. The minimum Gasteiger partial charge on any atom is -0.492 e. The Morgan fingerprint density at radius 3 is 2.68 bits per heavy atom. The smallest absolute Gasteiger partial charge is 0.317 e. The van der Waals surface area contributed by atoms with Crippen LogP contribution in [-0.2, 0) is 0 Å². The molecule has 1 fully saturated rings. The zero-order valence-electron chi connectivity index (χ0n) is 13.3. The third kappa shape index (κ3) is 5.09. The summed E-state index contributed by atoms with van der Waals surface area (Å²) in [6, 6.07) is 7.45. The first kappa shape index (κ1) is 16.9. The Kier molecular flexibility index (Phi) is 6.37. The topological polar surface area (TPSA) is 41.6 Å². The molecule has 4 nitrogen and oxygen atoms in total. The summed E-state index contributed by atoms with van der Waals surface area (Å²) in [6.45, 7) is 7.26. The molecule has 22 heavy (non-hydrogen) atoms. The molecule has 122 valence electrons. The molecule has 0 spiro atoms. The zero-order chi connectivity index (χ0) is 15.9. The number of amides is 2. The van der Waals surface area contributed by atoms with Crippen molar-refractivity contribution < 1.29 is 9.53 Å². The Hall–Kier alpha value is -1.42. The Morgan fingerprint density at radius 2 is 2.00 bits per heavy atom. The molecule has 0 aromatic heterocycles. The molecular weight excluding hydrogens is 300 g/mol. The summed E-state index contributed by atoms with van der Waals surface area (Å²) >= 11 is 6.01. The van der Waals surface area contributed by atoms with Gasteiger partial charge < -0.3 is 15.0 Å². The second-order valence-electron chi connectivity index (χ2n) is 6.22. The second kappa shape index (κ2) is 8.28. The van der Waals surface area contributed by atoms with Crippen LogP contribution in [0.3, 0.4) is 0 Å². The first-order valence-electron chi connectivity index (χ1n) is 7.96. The molecule has 1 aromatic rings. The van der Waals surface area contributed by atoms with E-state index in [0.717, 1.165) is 19.5 Å². The molecule has 2 rings (SSSR count). The lowest BCUT2D eigenvalue weighted by molar-refractivity contribution is 0.145. The first-order valence-corrected chi connectivity index (χ1v) is 8.34. The lowest BCUT2D eigenvalue weighted by atomic mass is 9.92. The summed E-state index contributed by atoms with van der Waals surface area (Å²) < 4.78 is 5.60. The van der Waals surface area contributed by atoms with Gasteiger partial charge in [0.2, 0.25) is 0 Å². The van der Waals surface area contributed by atoms with Gasteiger partial charge >= 0.3 is 6.03 Å². The molecule has 1 aliphatic rings. The van der Waals surface area contributed by atoms with Crippen LogP contribution in [0.2, 0.25) is 5.02 Å². The molecule has 2 atom stereocenters. The highest BCUT2D eigenvalue weighted by atomic mass is 35.5. The monoisotopic (exact) mass is 324 g/mol. The van der Waals surface area contributed by atoms with Crippen molar-refractivity contribution in [3.63, 3.8) is 0 Å². The highest BCUT2D eigenvalue weighted by molar-refractivity contribution is 6.32.